The highest BCUT2D eigenvalue weighted by Crippen LogP contribution is 2.46. The second-order valence-electron chi connectivity index (χ2n) is 9.21. The Morgan fingerprint density at radius 2 is 1.94 bits per heavy atom. The van der Waals surface area contributed by atoms with Gasteiger partial charge in [-0.2, -0.15) is 5.10 Å². The maximum Gasteiger partial charge on any atom is 0.273 e. The molecule has 0 saturated heterocycles. The van der Waals surface area contributed by atoms with E-state index >= 15 is 0 Å². The number of hydrogen-bond acceptors (Lipinski definition) is 6. The Labute approximate surface area is 216 Å². The number of amides is 1. The van der Waals surface area contributed by atoms with E-state index in [1.807, 2.05) is 18.2 Å². The Hall–Kier alpha value is -3.23. The van der Waals surface area contributed by atoms with Crippen LogP contribution < -0.4 is 9.47 Å². The number of carbonyl (C=O) groups is 1. The van der Waals surface area contributed by atoms with Crippen molar-refractivity contribution in [3.05, 3.63) is 58.2 Å². The highest BCUT2D eigenvalue weighted by Gasteiger charge is 2.42. The third-order valence-corrected chi connectivity index (χ3v) is 6.52. The number of phenolic OH excluding ortho intramolecular Hbond substituents is 1. The van der Waals surface area contributed by atoms with Gasteiger partial charge in [-0.05, 0) is 54.7 Å². The van der Waals surface area contributed by atoms with Crippen LogP contribution >= 0.6 is 11.6 Å². The molecule has 0 saturated carbocycles. The molecule has 2 heterocycles. The molecule has 1 aliphatic heterocycles. The highest BCUT2D eigenvalue weighted by atomic mass is 35.5. The molecule has 1 aromatic heterocycles. The summed E-state index contributed by atoms with van der Waals surface area (Å²) in [7, 11) is 3.24. The molecule has 0 radical (unpaired) electrons. The van der Waals surface area contributed by atoms with E-state index in [-0.39, 0.29) is 11.7 Å². The summed E-state index contributed by atoms with van der Waals surface area (Å²) in [5, 5.41) is 18.3. The average molecular weight is 514 g/mol. The van der Waals surface area contributed by atoms with Crippen LogP contribution in [0.2, 0.25) is 5.02 Å². The third-order valence-electron chi connectivity index (χ3n) is 6.28. The van der Waals surface area contributed by atoms with Crippen molar-refractivity contribution >= 4 is 17.5 Å². The van der Waals surface area contributed by atoms with Gasteiger partial charge >= 0.3 is 0 Å². The zero-order valence-corrected chi connectivity index (χ0v) is 21.8. The van der Waals surface area contributed by atoms with E-state index in [9.17, 15) is 9.90 Å². The van der Waals surface area contributed by atoms with Crippen LogP contribution in [-0.4, -0.2) is 60.1 Å². The SMILES string of the molecule is COCCCN1C(=O)c2[nH]nc(-c3cc(Cl)ccc3O)c2C1c1ccc(OCCC(C)C)c(OC)c1. The number of aromatic amines is 1. The molecule has 8 nitrogen and oxygen atoms in total. The molecule has 9 heteroatoms. The lowest BCUT2D eigenvalue weighted by Gasteiger charge is -2.27. The van der Waals surface area contributed by atoms with E-state index in [1.165, 1.54) is 6.07 Å². The Bertz CT molecular complexity index is 1230. The molecule has 2 N–H and O–H groups in total. The number of halogens is 1. The molecular weight excluding hydrogens is 482 g/mol. The van der Waals surface area contributed by atoms with Gasteiger partial charge in [0, 0.05) is 36.4 Å². The van der Waals surface area contributed by atoms with Gasteiger partial charge in [-0.1, -0.05) is 31.5 Å². The van der Waals surface area contributed by atoms with Crippen molar-refractivity contribution in [2.24, 2.45) is 5.92 Å². The van der Waals surface area contributed by atoms with E-state index in [0.29, 0.717) is 71.1 Å². The molecule has 0 bridgehead atoms. The van der Waals surface area contributed by atoms with Crippen molar-refractivity contribution in [3.63, 3.8) is 0 Å². The van der Waals surface area contributed by atoms with Crippen LogP contribution in [-0.2, 0) is 4.74 Å². The van der Waals surface area contributed by atoms with Gasteiger partial charge in [-0.3, -0.25) is 9.89 Å². The molecule has 4 rings (SSSR count). The number of carbonyl (C=O) groups excluding carboxylic acids is 1. The molecule has 1 unspecified atom stereocenters. The first-order chi connectivity index (χ1) is 17.3. The summed E-state index contributed by atoms with van der Waals surface area (Å²) in [4.78, 5) is 15.3. The number of H-pyrrole nitrogens is 1. The van der Waals surface area contributed by atoms with Crippen molar-refractivity contribution < 1.29 is 24.1 Å². The number of rotatable bonds is 11. The van der Waals surface area contributed by atoms with Gasteiger partial charge in [0.15, 0.2) is 11.5 Å². The lowest BCUT2D eigenvalue weighted by Crippen LogP contribution is -2.31. The summed E-state index contributed by atoms with van der Waals surface area (Å²) < 4.78 is 16.8. The summed E-state index contributed by atoms with van der Waals surface area (Å²) in [6.07, 6.45) is 1.60. The minimum Gasteiger partial charge on any atom is -0.507 e. The lowest BCUT2D eigenvalue weighted by molar-refractivity contribution is 0.0723. The first kappa shape index (κ1) is 25.9. The highest BCUT2D eigenvalue weighted by molar-refractivity contribution is 6.31. The number of nitrogens with zero attached hydrogens (tertiary/aromatic N) is 2. The normalized spacial score (nSPS) is 15.0. The number of phenols is 1. The predicted molar refractivity (Wildman–Crippen MR) is 138 cm³/mol. The van der Waals surface area contributed by atoms with Crippen LogP contribution in [0.4, 0.5) is 0 Å². The number of hydrogen-bond donors (Lipinski definition) is 2. The number of fused-ring (bicyclic) bond motifs is 1. The fraction of sp³-hybridized carbons (Fsp3) is 0.407. The minimum absolute atomic E-state index is 0.0317. The van der Waals surface area contributed by atoms with Gasteiger partial charge in [-0.25, -0.2) is 0 Å². The van der Waals surface area contributed by atoms with Crippen molar-refractivity contribution in [3.8, 4) is 28.5 Å². The molecule has 1 aliphatic rings. The first-order valence-electron chi connectivity index (χ1n) is 12.0. The van der Waals surface area contributed by atoms with Crippen LogP contribution in [0.25, 0.3) is 11.3 Å². The van der Waals surface area contributed by atoms with Crippen molar-refractivity contribution in [2.45, 2.75) is 32.7 Å². The predicted octanol–water partition coefficient (Wildman–Crippen LogP) is 5.45. The van der Waals surface area contributed by atoms with E-state index in [2.05, 4.69) is 24.0 Å². The van der Waals surface area contributed by atoms with Crippen LogP contribution in [0, 0.1) is 5.92 Å². The molecule has 3 aromatic rings. The fourth-order valence-electron chi connectivity index (χ4n) is 4.43. The maximum absolute atomic E-state index is 13.5. The van der Waals surface area contributed by atoms with Crippen LogP contribution in [0.1, 0.15) is 54.3 Å². The zero-order valence-electron chi connectivity index (χ0n) is 21.0. The number of methoxy groups -OCH3 is 2. The van der Waals surface area contributed by atoms with E-state index in [0.717, 1.165) is 12.0 Å². The van der Waals surface area contributed by atoms with Gasteiger partial charge in [0.2, 0.25) is 0 Å². The number of aromatic nitrogens is 2. The summed E-state index contributed by atoms with van der Waals surface area (Å²) in [6, 6.07) is 10.0. The number of benzene rings is 2. The molecule has 2 aromatic carbocycles. The molecule has 1 atom stereocenters. The Balaban J connectivity index is 1.78. The van der Waals surface area contributed by atoms with Crippen molar-refractivity contribution in [1.29, 1.82) is 0 Å². The molecule has 36 heavy (non-hydrogen) atoms. The van der Waals surface area contributed by atoms with Gasteiger partial charge < -0.3 is 24.2 Å². The number of nitrogens with one attached hydrogen (secondary N) is 1. The standard InChI is InChI=1S/C27H32ClN3O5/c1-16(2)10-13-36-21-9-6-17(14-22(21)35-4)26-23-24(19-15-18(28)7-8-20(19)32)29-30-25(23)27(33)31(26)11-5-12-34-3/h6-9,14-16,26,32H,5,10-13H2,1-4H3,(H,29,30). The summed E-state index contributed by atoms with van der Waals surface area (Å²) in [5.41, 5.74) is 2.86. The van der Waals surface area contributed by atoms with E-state index in [1.54, 1.807) is 31.3 Å². The fourth-order valence-corrected chi connectivity index (χ4v) is 4.61. The number of aromatic hydroxyl groups is 1. The van der Waals surface area contributed by atoms with Crippen molar-refractivity contribution in [1.82, 2.24) is 15.1 Å². The quantitative estimate of drug-likeness (QED) is 0.331. The Kier molecular flexibility index (Phi) is 8.06. The smallest absolute Gasteiger partial charge is 0.273 e. The monoisotopic (exact) mass is 513 g/mol. The molecule has 0 spiro atoms. The van der Waals surface area contributed by atoms with Crippen molar-refractivity contribution in [2.75, 3.05) is 34.0 Å². The lowest BCUT2D eigenvalue weighted by atomic mass is 9.95. The molecular formula is C27H32ClN3O5. The second-order valence-corrected chi connectivity index (χ2v) is 9.65. The van der Waals surface area contributed by atoms with Gasteiger partial charge in [0.1, 0.15) is 17.1 Å². The zero-order chi connectivity index (χ0) is 25.8. The molecule has 1 amide bonds. The van der Waals surface area contributed by atoms with Crippen LogP contribution in [0.5, 0.6) is 17.2 Å². The van der Waals surface area contributed by atoms with Crippen LogP contribution in [0.15, 0.2) is 36.4 Å². The topological polar surface area (TPSA) is 96.9 Å². The second kappa shape index (κ2) is 11.2. The van der Waals surface area contributed by atoms with Gasteiger partial charge in [0.05, 0.1) is 19.8 Å². The molecule has 192 valence electrons. The summed E-state index contributed by atoms with van der Waals surface area (Å²) in [6.45, 7) is 5.89. The average Bonchev–Trinajstić information content (AvgIpc) is 3.40. The Morgan fingerprint density at radius 3 is 2.67 bits per heavy atom. The number of ether oxygens (including phenoxy) is 3. The van der Waals surface area contributed by atoms with Gasteiger partial charge in [-0.15, -0.1) is 0 Å². The summed E-state index contributed by atoms with van der Waals surface area (Å²) in [5.74, 6) is 1.63. The summed E-state index contributed by atoms with van der Waals surface area (Å²) >= 11 is 6.23. The Morgan fingerprint density at radius 1 is 1.14 bits per heavy atom. The largest absolute Gasteiger partial charge is 0.507 e. The third kappa shape index (κ3) is 5.15. The minimum atomic E-state index is -0.449. The van der Waals surface area contributed by atoms with Crippen LogP contribution in [0.3, 0.4) is 0 Å². The van der Waals surface area contributed by atoms with E-state index < -0.39 is 6.04 Å². The van der Waals surface area contributed by atoms with E-state index in [4.69, 9.17) is 25.8 Å². The molecule has 0 aliphatic carbocycles. The maximum atomic E-state index is 13.5. The molecule has 0 fully saturated rings. The van der Waals surface area contributed by atoms with Gasteiger partial charge in [0.25, 0.3) is 5.91 Å². The first-order valence-corrected chi connectivity index (χ1v) is 12.4.